The fourth-order valence-corrected chi connectivity index (χ4v) is 3.53. The smallest absolute Gasteiger partial charge is 0.126 e. The predicted octanol–water partition coefficient (Wildman–Crippen LogP) is 2.33. The summed E-state index contributed by atoms with van der Waals surface area (Å²) in [7, 11) is 0. The van der Waals surface area contributed by atoms with E-state index in [2.05, 4.69) is 9.78 Å². The maximum atomic E-state index is 6.12. The highest BCUT2D eigenvalue weighted by molar-refractivity contribution is 7.98. The van der Waals surface area contributed by atoms with E-state index in [9.17, 15) is 0 Å². The van der Waals surface area contributed by atoms with E-state index in [1.54, 1.807) is 0 Å². The zero-order chi connectivity index (χ0) is 9.54. The molecule has 0 radical (unpaired) electrons. The Kier molecular flexibility index (Phi) is 1.97. The molecule has 3 rings (SSSR count). The average Bonchev–Trinajstić information content (AvgIpc) is 2.84. The Balaban J connectivity index is 1.98. The third kappa shape index (κ3) is 1.16. The Morgan fingerprint density at radius 1 is 1.29 bits per heavy atom. The van der Waals surface area contributed by atoms with Crippen LogP contribution in [0.1, 0.15) is 43.0 Å². The van der Waals surface area contributed by atoms with Gasteiger partial charge < -0.3 is 5.73 Å². The number of nitrogens with two attached hydrogens (primary N) is 1. The number of hydrogen-bond donors (Lipinski definition) is 1. The molecule has 1 aromatic heterocycles. The summed E-state index contributed by atoms with van der Waals surface area (Å²) in [5, 5.41) is 4.64. The molecule has 0 saturated heterocycles. The standard InChI is InChI=1S/C10H15N3S/c11-10-8-5-14-6-9(8)12-13(10)7-3-1-2-4-7/h7H,1-6,11H2. The second kappa shape index (κ2) is 3.19. The van der Waals surface area contributed by atoms with Crippen molar-refractivity contribution in [3.8, 4) is 0 Å². The Morgan fingerprint density at radius 3 is 2.79 bits per heavy atom. The van der Waals surface area contributed by atoms with E-state index in [-0.39, 0.29) is 0 Å². The van der Waals surface area contributed by atoms with Crippen LogP contribution < -0.4 is 5.73 Å². The third-order valence-electron chi connectivity index (χ3n) is 3.29. The summed E-state index contributed by atoms with van der Waals surface area (Å²) in [5.41, 5.74) is 8.66. The van der Waals surface area contributed by atoms with Crippen LogP contribution >= 0.6 is 11.8 Å². The second-order valence-corrected chi connectivity index (χ2v) is 5.17. The van der Waals surface area contributed by atoms with Crippen molar-refractivity contribution in [2.24, 2.45) is 0 Å². The van der Waals surface area contributed by atoms with Crippen LogP contribution in [0.4, 0.5) is 5.82 Å². The van der Waals surface area contributed by atoms with Crippen molar-refractivity contribution in [3.63, 3.8) is 0 Å². The molecule has 14 heavy (non-hydrogen) atoms. The molecule has 4 heteroatoms. The molecule has 1 fully saturated rings. The van der Waals surface area contributed by atoms with Gasteiger partial charge in [-0.15, -0.1) is 0 Å². The van der Waals surface area contributed by atoms with Gasteiger partial charge in [-0.25, -0.2) is 4.68 Å². The molecule has 0 bridgehead atoms. The van der Waals surface area contributed by atoms with E-state index in [4.69, 9.17) is 5.73 Å². The monoisotopic (exact) mass is 209 g/mol. The van der Waals surface area contributed by atoms with Gasteiger partial charge >= 0.3 is 0 Å². The van der Waals surface area contributed by atoms with E-state index in [0.29, 0.717) is 6.04 Å². The van der Waals surface area contributed by atoms with Crippen molar-refractivity contribution in [3.05, 3.63) is 11.3 Å². The molecule has 76 valence electrons. The first-order chi connectivity index (χ1) is 6.86. The third-order valence-corrected chi connectivity index (χ3v) is 4.26. The molecule has 1 aromatic rings. The molecule has 0 spiro atoms. The minimum atomic E-state index is 0.589. The van der Waals surface area contributed by atoms with Crippen LogP contribution in [0, 0.1) is 0 Å². The van der Waals surface area contributed by atoms with Crippen LogP contribution in [-0.2, 0) is 11.5 Å². The molecule has 0 unspecified atom stereocenters. The first-order valence-corrected chi connectivity index (χ1v) is 6.45. The topological polar surface area (TPSA) is 43.8 Å². The molecule has 2 aliphatic rings. The molecular formula is C10H15N3S. The molecule has 2 heterocycles. The summed E-state index contributed by atoms with van der Waals surface area (Å²) < 4.78 is 2.09. The maximum absolute atomic E-state index is 6.12. The maximum Gasteiger partial charge on any atom is 0.126 e. The number of aromatic nitrogens is 2. The number of thioether (sulfide) groups is 1. The van der Waals surface area contributed by atoms with Crippen LogP contribution in [0.5, 0.6) is 0 Å². The number of nitrogen functional groups attached to an aromatic ring is 1. The van der Waals surface area contributed by atoms with Gasteiger partial charge in [0, 0.05) is 17.1 Å². The largest absolute Gasteiger partial charge is 0.384 e. The zero-order valence-corrected chi connectivity index (χ0v) is 9.02. The number of hydrogen-bond acceptors (Lipinski definition) is 3. The minimum Gasteiger partial charge on any atom is -0.384 e. The van der Waals surface area contributed by atoms with E-state index in [1.165, 1.54) is 36.9 Å². The quantitative estimate of drug-likeness (QED) is 0.772. The lowest BCUT2D eigenvalue weighted by molar-refractivity contribution is 0.471. The molecule has 1 aliphatic heterocycles. The van der Waals surface area contributed by atoms with Crippen LogP contribution in [0.2, 0.25) is 0 Å². The van der Waals surface area contributed by atoms with Crippen LogP contribution in [0.3, 0.4) is 0 Å². The number of nitrogens with zero attached hydrogens (tertiary/aromatic N) is 2. The first kappa shape index (κ1) is 8.65. The average molecular weight is 209 g/mol. The van der Waals surface area contributed by atoms with Gasteiger partial charge in [-0.2, -0.15) is 16.9 Å². The summed E-state index contributed by atoms with van der Waals surface area (Å²) in [6.45, 7) is 0. The van der Waals surface area contributed by atoms with Crippen molar-refractivity contribution in [1.29, 1.82) is 0 Å². The molecular weight excluding hydrogens is 194 g/mol. The van der Waals surface area contributed by atoms with E-state index in [0.717, 1.165) is 17.3 Å². The summed E-state index contributed by atoms with van der Waals surface area (Å²) >= 11 is 1.92. The van der Waals surface area contributed by atoms with E-state index < -0.39 is 0 Å². The fourth-order valence-electron chi connectivity index (χ4n) is 2.48. The molecule has 3 nitrogen and oxygen atoms in total. The lowest BCUT2D eigenvalue weighted by atomic mass is 10.2. The van der Waals surface area contributed by atoms with Gasteiger partial charge in [0.05, 0.1) is 11.7 Å². The fraction of sp³-hybridized carbons (Fsp3) is 0.700. The highest BCUT2D eigenvalue weighted by Gasteiger charge is 2.26. The Morgan fingerprint density at radius 2 is 2.07 bits per heavy atom. The van der Waals surface area contributed by atoms with E-state index in [1.807, 2.05) is 11.8 Å². The first-order valence-electron chi connectivity index (χ1n) is 5.30. The Bertz CT molecular complexity index is 352. The number of fused-ring (bicyclic) bond motifs is 1. The molecule has 2 N–H and O–H groups in total. The van der Waals surface area contributed by atoms with Crippen LogP contribution in [0.25, 0.3) is 0 Å². The van der Waals surface area contributed by atoms with Crippen molar-refractivity contribution >= 4 is 17.6 Å². The van der Waals surface area contributed by atoms with Crippen molar-refractivity contribution in [1.82, 2.24) is 9.78 Å². The summed E-state index contributed by atoms with van der Waals surface area (Å²) in [5.74, 6) is 3.06. The lowest BCUT2D eigenvalue weighted by Crippen LogP contribution is -2.10. The van der Waals surface area contributed by atoms with Crippen molar-refractivity contribution in [2.75, 3.05) is 5.73 Å². The lowest BCUT2D eigenvalue weighted by Gasteiger charge is -2.12. The molecule has 1 saturated carbocycles. The van der Waals surface area contributed by atoms with Crippen LogP contribution in [-0.4, -0.2) is 9.78 Å². The van der Waals surface area contributed by atoms with Gasteiger partial charge in [-0.1, -0.05) is 12.8 Å². The summed E-state index contributed by atoms with van der Waals surface area (Å²) in [4.78, 5) is 0. The Hall–Kier alpha value is -0.640. The van der Waals surface area contributed by atoms with Crippen molar-refractivity contribution in [2.45, 2.75) is 43.2 Å². The molecule has 0 aromatic carbocycles. The second-order valence-electron chi connectivity index (χ2n) is 4.19. The van der Waals surface area contributed by atoms with Gasteiger partial charge in [0.1, 0.15) is 5.82 Å². The predicted molar refractivity (Wildman–Crippen MR) is 59.1 cm³/mol. The summed E-state index contributed by atoms with van der Waals surface area (Å²) in [6.07, 6.45) is 5.20. The molecule has 0 atom stereocenters. The van der Waals surface area contributed by atoms with Gasteiger partial charge in [0.2, 0.25) is 0 Å². The SMILES string of the molecule is Nc1c2c(nn1C1CCCC1)CSC2. The number of rotatable bonds is 1. The van der Waals surface area contributed by atoms with Crippen LogP contribution in [0.15, 0.2) is 0 Å². The normalized spacial score (nSPS) is 21.7. The highest BCUT2D eigenvalue weighted by atomic mass is 32.2. The minimum absolute atomic E-state index is 0.589. The van der Waals surface area contributed by atoms with Gasteiger partial charge in [-0.05, 0) is 12.8 Å². The van der Waals surface area contributed by atoms with Gasteiger partial charge in [0.15, 0.2) is 0 Å². The molecule has 1 aliphatic carbocycles. The van der Waals surface area contributed by atoms with Gasteiger partial charge in [-0.3, -0.25) is 0 Å². The van der Waals surface area contributed by atoms with E-state index >= 15 is 0 Å². The highest BCUT2D eigenvalue weighted by Crippen LogP contribution is 2.37. The van der Waals surface area contributed by atoms with Crippen molar-refractivity contribution < 1.29 is 0 Å². The zero-order valence-electron chi connectivity index (χ0n) is 8.20. The Labute approximate surface area is 88.0 Å². The number of anilines is 1. The molecule has 0 amide bonds. The van der Waals surface area contributed by atoms with Gasteiger partial charge in [0.25, 0.3) is 0 Å². The summed E-state index contributed by atoms with van der Waals surface area (Å²) in [6, 6.07) is 0.589.